The third kappa shape index (κ3) is 2.99. The Hall–Kier alpha value is -2.07. The van der Waals surface area contributed by atoms with Gasteiger partial charge in [-0.2, -0.15) is 0 Å². The highest BCUT2D eigenvalue weighted by atomic mass is 35.5. The molecule has 1 N–H and O–H groups in total. The van der Waals surface area contributed by atoms with Crippen LogP contribution in [0.3, 0.4) is 0 Å². The van der Waals surface area contributed by atoms with Crippen LogP contribution in [0.1, 0.15) is 10.4 Å². The minimum absolute atomic E-state index is 0.232. The van der Waals surface area contributed by atoms with Crippen molar-refractivity contribution in [2.75, 3.05) is 12.4 Å². The van der Waals surface area contributed by atoms with Crippen molar-refractivity contribution in [1.29, 1.82) is 0 Å². The largest absolute Gasteiger partial charge is 0.497 e. The number of ether oxygens (including phenoxy) is 1. The lowest BCUT2D eigenvalue weighted by molar-refractivity contribution is 0.102. The minimum atomic E-state index is -0.232. The summed E-state index contributed by atoms with van der Waals surface area (Å²) in [5, 5.41) is 3.05. The van der Waals surface area contributed by atoms with Gasteiger partial charge in [0.15, 0.2) is 0 Å². The first-order chi connectivity index (χ1) is 8.69. The Kier molecular flexibility index (Phi) is 3.79. The normalized spacial score (nSPS) is 9.89. The van der Waals surface area contributed by atoms with Crippen LogP contribution in [0.2, 0.25) is 5.15 Å². The fourth-order valence-corrected chi connectivity index (χ4v) is 1.60. The summed E-state index contributed by atoms with van der Waals surface area (Å²) in [5.74, 6) is 0.504. The van der Waals surface area contributed by atoms with Crippen LogP contribution in [0.4, 0.5) is 5.69 Å². The molecule has 0 fully saturated rings. The lowest BCUT2D eigenvalue weighted by Gasteiger charge is -2.06. The quantitative estimate of drug-likeness (QED) is 0.865. The number of nitrogens with one attached hydrogen (secondary N) is 1. The van der Waals surface area contributed by atoms with Crippen molar-refractivity contribution < 1.29 is 9.53 Å². The Morgan fingerprint density at radius 1 is 1.28 bits per heavy atom. The fourth-order valence-electron chi connectivity index (χ4n) is 1.42. The summed E-state index contributed by atoms with van der Waals surface area (Å²) in [5.41, 5.74) is 1.15. The molecule has 1 heterocycles. The van der Waals surface area contributed by atoms with Gasteiger partial charge in [0.25, 0.3) is 5.91 Å². The number of methoxy groups -OCH3 is 1. The van der Waals surface area contributed by atoms with E-state index in [9.17, 15) is 4.79 Å². The van der Waals surface area contributed by atoms with Gasteiger partial charge in [0.1, 0.15) is 10.9 Å². The molecule has 0 atom stereocenters. The summed E-state index contributed by atoms with van der Waals surface area (Å²) in [6.45, 7) is 0. The molecule has 18 heavy (non-hydrogen) atoms. The van der Waals surface area contributed by atoms with Crippen LogP contribution in [0.15, 0.2) is 42.6 Å². The van der Waals surface area contributed by atoms with E-state index in [2.05, 4.69) is 10.3 Å². The first kappa shape index (κ1) is 12.4. The maximum Gasteiger partial charge on any atom is 0.255 e. The number of benzene rings is 1. The van der Waals surface area contributed by atoms with Gasteiger partial charge in [0, 0.05) is 17.4 Å². The summed E-state index contributed by atoms with van der Waals surface area (Å²) < 4.78 is 5.04. The van der Waals surface area contributed by atoms with Gasteiger partial charge < -0.3 is 10.1 Å². The Balaban J connectivity index is 2.11. The van der Waals surface area contributed by atoms with Crippen LogP contribution in [0.25, 0.3) is 0 Å². The van der Waals surface area contributed by atoms with Gasteiger partial charge in [-0.3, -0.25) is 4.79 Å². The summed E-state index contributed by atoms with van der Waals surface area (Å²) in [6, 6.07) is 10.2. The molecular formula is C13H11ClN2O2. The van der Waals surface area contributed by atoms with Crippen molar-refractivity contribution in [1.82, 2.24) is 4.98 Å². The van der Waals surface area contributed by atoms with E-state index >= 15 is 0 Å². The number of carbonyl (C=O) groups excluding carboxylic acids is 1. The van der Waals surface area contributed by atoms with E-state index in [0.29, 0.717) is 11.3 Å². The first-order valence-corrected chi connectivity index (χ1v) is 5.64. The molecule has 0 spiro atoms. The summed E-state index contributed by atoms with van der Waals surface area (Å²) >= 11 is 5.72. The van der Waals surface area contributed by atoms with Crippen LogP contribution in [-0.4, -0.2) is 18.0 Å². The van der Waals surface area contributed by atoms with Crippen LogP contribution in [0.5, 0.6) is 5.75 Å². The molecular weight excluding hydrogens is 252 g/mol. The van der Waals surface area contributed by atoms with Gasteiger partial charge in [-0.05, 0) is 36.4 Å². The summed E-state index contributed by atoms with van der Waals surface area (Å²) in [6.07, 6.45) is 1.49. The second kappa shape index (κ2) is 5.51. The molecule has 2 aromatic rings. The number of hydrogen-bond donors (Lipinski definition) is 1. The standard InChI is InChI=1S/C13H11ClN2O2/c1-18-11-4-2-10(3-5-11)16-13(17)9-6-7-15-12(14)8-9/h2-8H,1H3,(H,16,17). The topological polar surface area (TPSA) is 51.2 Å². The Morgan fingerprint density at radius 2 is 2.00 bits per heavy atom. The molecule has 0 aliphatic carbocycles. The van der Waals surface area contributed by atoms with Gasteiger partial charge in [0.05, 0.1) is 7.11 Å². The fraction of sp³-hybridized carbons (Fsp3) is 0.0769. The molecule has 5 heteroatoms. The number of anilines is 1. The maximum absolute atomic E-state index is 11.9. The number of amides is 1. The van der Waals surface area contributed by atoms with Crippen LogP contribution in [-0.2, 0) is 0 Å². The highest BCUT2D eigenvalue weighted by Gasteiger charge is 2.06. The Labute approximate surface area is 110 Å². The van der Waals surface area contributed by atoms with E-state index in [1.165, 1.54) is 12.3 Å². The molecule has 0 bridgehead atoms. The first-order valence-electron chi connectivity index (χ1n) is 5.26. The van der Waals surface area contributed by atoms with E-state index < -0.39 is 0 Å². The number of pyridine rings is 1. The van der Waals surface area contributed by atoms with Crippen molar-refractivity contribution in [3.63, 3.8) is 0 Å². The zero-order chi connectivity index (χ0) is 13.0. The van der Waals surface area contributed by atoms with Crippen LogP contribution < -0.4 is 10.1 Å². The van der Waals surface area contributed by atoms with Gasteiger partial charge in [-0.15, -0.1) is 0 Å². The number of hydrogen-bond acceptors (Lipinski definition) is 3. The molecule has 92 valence electrons. The van der Waals surface area contributed by atoms with Crippen LogP contribution >= 0.6 is 11.6 Å². The smallest absolute Gasteiger partial charge is 0.255 e. The van der Waals surface area contributed by atoms with E-state index in [1.807, 2.05) is 0 Å². The molecule has 0 unspecified atom stereocenters. The predicted molar refractivity (Wildman–Crippen MR) is 70.2 cm³/mol. The Morgan fingerprint density at radius 3 is 2.61 bits per heavy atom. The molecule has 0 aliphatic heterocycles. The third-order valence-electron chi connectivity index (χ3n) is 2.34. The lowest BCUT2D eigenvalue weighted by Crippen LogP contribution is -2.11. The summed E-state index contributed by atoms with van der Waals surface area (Å²) in [4.78, 5) is 15.7. The number of nitrogens with zero attached hydrogens (tertiary/aromatic N) is 1. The predicted octanol–water partition coefficient (Wildman–Crippen LogP) is 3.00. The van der Waals surface area contributed by atoms with Crippen molar-refractivity contribution in [3.8, 4) is 5.75 Å². The highest BCUT2D eigenvalue weighted by molar-refractivity contribution is 6.29. The van der Waals surface area contributed by atoms with E-state index in [0.717, 1.165) is 5.75 Å². The third-order valence-corrected chi connectivity index (χ3v) is 2.54. The zero-order valence-electron chi connectivity index (χ0n) is 9.68. The van der Waals surface area contributed by atoms with E-state index in [4.69, 9.17) is 16.3 Å². The average Bonchev–Trinajstić information content (AvgIpc) is 2.39. The van der Waals surface area contributed by atoms with Gasteiger partial charge in [-0.25, -0.2) is 4.98 Å². The number of aromatic nitrogens is 1. The number of rotatable bonds is 3. The molecule has 0 saturated heterocycles. The number of carbonyl (C=O) groups is 1. The number of halogens is 1. The second-order valence-corrected chi connectivity index (χ2v) is 3.94. The molecule has 1 aromatic carbocycles. The molecule has 0 radical (unpaired) electrons. The molecule has 0 saturated carbocycles. The molecule has 0 aliphatic rings. The van der Waals surface area contributed by atoms with Crippen molar-refractivity contribution in [2.24, 2.45) is 0 Å². The minimum Gasteiger partial charge on any atom is -0.497 e. The molecule has 1 aromatic heterocycles. The van der Waals surface area contributed by atoms with Crippen molar-refractivity contribution in [3.05, 3.63) is 53.3 Å². The monoisotopic (exact) mass is 262 g/mol. The van der Waals surface area contributed by atoms with E-state index in [1.54, 1.807) is 37.4 Å². The molecule has 4 nitrogen and oxygen atoms in total. The van der Waals surface area contributed by atoms with Crippen molar-refractivity contribution in [2.45, 2.75) is 0 Å². The van der Waals surface area contributed by atoms with Crippen molar-refractivity contribution >= 4 is 23.2 Å². The highest BCUT2D eigenvalue weighted by Crippen LogP contribution is 2.16. The SMILES string of the molecule is COc1ccc(NC(=O)c2ccnc(Cl)c2)cc1. The molecule has 2 rings (SSSR count). The second-order valence-electron chi connectivity index (χ2n) is 3.55. The lowest BCUT2D eigenvalue weighted by atomic mass is 10.2. The van der Waals surface area contributed by atoms with Gasteiger partial charge in [0.2, 0.25) is 0 Å². The zero-order valence-corrected chi connectivity index (χ0v) is 10.4. The molecule has 1 amide bonds. The van der Waals surface area contributed by atoms with Gasteiger partial charge >= 0.3 is 0 Å². The van der Waals surface area contributed by atoms with Crippen LogP contribution in [0, 0.1) is 0 Å². The Bertz CT molecular complexity index is 555. The van der Waals surface area contributed by atoms with E-state index in [-0.39, 0.29) is 11.1 Å². The maximum atomic E-state index is 11.9. The average molecular weight is 263 g/mol. The van der Waals surface area contributed by atoms with Gasteiger partial charge in [-0.1, -0.05) is 11.6 Å². The summed E-state index contributed by atoms with van der Waals surface area (Å²) in [7, 11) is 1.59.